The predicted octanol–water partition coefficient (Wildman–Crippen LogP) is -0.128. The first-order valence-corrected chi connectivity index (χ1v) is 5.44. The lowest BCUT2D eigenvalue weighted by molar-refractivity contribution is -0.154. The van der Waals surface area contributed by atoms with E-state index in [1.807, 2.05) is 0 Å². The number of hydrogen-bond donors (Lipinski definition) is 3. The fraction of sp³-hybridized carbons (Fsp3) is 0.667. The maximum absolute atomic E-state index is 12.6. The van der Waals surface area contributed by atoms with E-state index in [2.05, 4.69) is 20.6 Å². The Kier molecular flexibility index (Phi) is 5.10. The monoisotopic (exact) mass is 280 g/mol. The van der Waals surface area contributed by atoms with Gasteiger partial charge in [-0.3, -0.25) is 4.68 Å². The molecule has 1 heterocycles. The lowest BCUT2D eigenvalue weighted by Crippen LogP contribution is -2.43. The summed E-state index contributed by atoms with van der Waals surface area (Å²) in [5.74, 6) is -2.35. The summed E-state index contributed by atoms with van der Waals surface area (Å²) >= 11 is 0. The predicted molar refractivity (Wildman–Crippen MR) is 60.5 cm³/mol. The smallest absolute Gasteiger partial charge is 0.400 e. The number of nitrogens with two attached hydrogens (primary N) is 1. The summed E-state index contributed by atoms with van der Waals surface area (Å²) in [4.78, 5) is 3.93. The highest BCUT2D eigenvalue weighted by atomic mass is 19.4. The van der Waals surface area contributed by atoms with Crippen LogP contribution in [-0.4, -0.2) is 45.1 Å². The molecule has 0 amide bonds. The van der Waals surface area contributed by atoms with Crippen LogP contribution in [0.5, 0.6) is 0 Å². The van der Waals surface area contributed by atoms with Gasteiger partial charge in [0.25, 0.3) is 0 Å². The molecule has 4 N–H and O–H groups in total. The molecule has 0 aliphatic carbocycles. The number of aromatic nitrogens is 3. The lowest BCUT2D eigenvalue weighted by Gasteiger charge is -2.19. The molecular weight excluding hydrogens is 265 g/mol. The minimum atomic E-state index is -4.56. The van der Waals surface area contributed by atoms with Crippen LogP contribution in [0.1, 0.15) is 5.82 Å². The molecule has 0 aliphatic heterocycles. The van der Waals surface area contributed by atoms with Gasteiger partial charge < -0.3 is 16.3 Å². The summed E-state index contributed by atoms with van der Waals surface area (Å²) in [6.07, 6.45) is -2.67. The molecule has 10 heteroatoms. The van der Waals surface area contributed by atoms with E-state index in [1.165, 1.54) is 11.0 Å². The summed E-state index contributed by atoms with van der Waals surface area (Å²) in [5, 5.41) is 17.3. The zero-order valence-electron chi connectivity index (χ0n) is 10.2. The van der Waals surface area contributed by atoms with Crippen LogP contribution in [0.4, 0.5) is 13.2 Å². The molecule has 0 saturated heterocycles. The Bertz CT molecular complexity index is 430. The first-order valence-electron chi connectivity index (χ1n) is 5.44. The Morgan fingerprint density at radius 1 is 1.63 bits per heavy atom. The fourth-order valence-electron chi connectivity index (χ4n) is 1.40. The van der Waals surface area contributed by atoms with Gasteiger partial charge in [0.2, 0.25) is 0 Å². The zero-order valence-corrected chi connectivity index (χ0v) is 10.2. The third kappa shape index (κ3) is 4.73. The molecule has 7 nitrogen and oxygen atoms in total. The Morgan fingerprint density at radius 2 is 2.32 bits per heavy atom. The molecule has 0 fully saturated rings. The highest BCUT2D eigenvalue weighted by Gasteiger charge is 2.42. The lowest BCUT2D eigenvalue weighted by atomic mass is 10.1. The largest absolute Gasteiger partial charge is 0.409 e. The molecule has 1 rings (SSSR count). The third-order valence-corrected chi connectivity index (χ3v) is 2.39. The van der Waals surface area contributed by atoms with Crippen molar-refractivity contribution in [2.75, 3.05) is 13.1 Å². The zero-order chi connectivity index (χ0) is 14.5. The Labute approximate surface area is 107 Å². The molecule has 0 radical (unpaired) electrons. The number of nitrogens with zero attached hydrogens (tertiary/aromatic N) is 4. The van der Waals surface area contributed by atoms with Crippen molar-refractivity contribution < 1.29 is 18.4 Å². The SMILES string of the molecule is Cn1cnc(CCNCC(C(N)=NO)C(F)(F)F)n1. The van der Waals surface area contributed by atoms with Gasteiger partial charge in [-0.1, -0.05) is 5.16 Å². The summed E-state index contributed by atoms with van der Waals surface area (Å²) < 4.78 is 39.2. The van der Waals surface area contributed by atoms with Gasteiger partial charge in [0.1, 0.15) is 12.2 Å². The molecule has 0 bridgehead atoms. The van der Waals surface area contributed by atoms with Crippen LogP contribution in [0.2, 0.25) is 0 Å². The van der Waals surface area contributed by atoms with Crippen molar-refractivity contribution in [2.24, 2.45) is 23.9 Å². The molecule has 0 saturated carbocycles. The van der Waals surface area contributed by atoms with Crippen LogP contribution in [0.3, 0.4) is 0 Å². The first-order chi connectivity index (χ1) is 8.84. The topological polar surface area (TPSA) is 101 Å². The molecule has 0 spiro atoms. The normalized spacial score (nSPS) is 14.6. The average molecular weight is 280 g/mol. The fourth-order valence-corrected chi connectivity index (χ4v) is 1.40. The van der Waals surface area contributed by atoms with Crippen LogP contribution in [0.15, 0.2) is 11.5 Å². The highest BCUT2D eigenvalue weighted by Crippen LogP contribution is 2.25. The van der Waals surface area contributed by atoms with Crippen molar-refractivity contribution in [1.82, 2.24) is 20.1 Å². The molecule has 0 aromatic carbocycles. The van der Waals surface area contributed by atoms with E-state index in [0.717, 1.165) is 0 Å². The summed E-state index contributed by atoms with van der Waals surface area (Å²) in [6.45, 7) is -0.207. The van der Waals surface area contributed by atoms with E-state index >= 15 is 0 Å². The van der Waals surface area contributed by atoms with Gasteiger partial charge in [0.05, 0.1) is 0 Å². The Morgan fingerprint density at radius 3 is 2.79 bits per heavy atom. The standard InChI is InChI=1S/C9H15F3N6O/c1-18-5-15-7(16-18)2-3-14-4-6(8(13)17-19)9(10,11)12/h5-6,14,19H,2-4H2,1H3,(H2,13,17). The summed E-state index contributed by atoms with van der Waals surface area (Å²) in [7, 11) is 1.70. The number of amidine groups is 1. The van der Waals surface area contributed by atoms with E-state index in [4.69, 9.17) is 10.9 Å². The third-order valence-electron chi connectivity index (χ3n) is 2.39. The maximum Gasteiger partial charge on any atom is 0.400 e. The second-order valence-electron chi connectivity index (χ2n) is 3.91. The van der Waals surface area contributed by atoms with Gasteiger partial charge in [0.15, 0.2) is 11.7 Å². The van der Waals surface area contributed by atoms with Gasteiger partial charge in [-0.15, -0.1) is 0 Å². The number of aryl methyl sites for hydroxylation is 1. The van der Waals surface area contributed by atoms with Crippen LogP contribution < -0.4 is 11.1 Å². The number of hydrogen-bond acceptors (Lipinski definition) is 5. The first kappa shape index (κ1) is 15.2. The number of nitrogens with one attached hydrogen (secondary N) is 1. The van der Waals surface area contributed by atoms with Crippen molar-refractivity contribution in [3.63, 3.8) is 0 Å². The summed E-state index contributed by atoms with van der Waals surface area (Å²) in [5.41, 5.74) is 5.01. The number of oxime groups is 1. The van der Waals surface area contributed by atoms with Crippen LogP contribution in [0, 0.1) is 5.92 Å². The van der Waals surface area contributed by atoms with E-state index < -0.39 is 24.5 Å². The Balaban J connectivity index is 2.41. The minimum Gasteiger partial charge on any atom is -0.409 e. The maximum atomic E-state index is 12.6. The molecule has 1 atom stereocenters. The van der Waals surface area contributed by atoms with Crippen LogP contribution in [-0.2, 0) is 13.5 Å². The van der Waals surface area contributed by atoms with E-state index in [0.29, 0.717) is 12.2 Å². The van der Waals surface area contributed by atoms with Crippen molar-refractivity contribution in [3.05, 3.63) is 12.2 Å². The molecule has 19 heavy (non-hydrogen) atoms. The molecule has 1 unspecified atom stereocenters. The number of rotatable bonds is 6. The highest BCUT2D eigenvalue weighted by molar-refractivity contribution is 5.83. The second kappa shape index (κ2) is 6.36. The number of halogens is 3. The van der Waals surface area contributed by atoms with Gasteiger partial charge in [-0.25, -0.2) is 4.98 Å². The van der Waals surface area contributed by atoms with Crippen molar-refractivity contribution in [3.8, 4) is 0 Å². The molecular formula is C9H15F3N6O. The second-order valence-corrected chi connectivity index (χ2v) is 3.91. The van der Waals surface area contributed by atoms with Gasteiger partial charge in [-0.2, -0.15) is 18.3 Å². The minimum absolute atomic E-state index is 0.259. The Hall–Kier alpha value is -1.84. The van der Waals surface area contributed by atoms with Gasteiger partial charge in [0, 0.05) is 26.6 Å². The van der Waals surface area contributed by atoms with E-state index in [9.17, 15) is 13.2 Å². The average Bonchev–Trinajstić information content (AvgIpc) is 2.72. The van der Waals surface area contributed by atoms with Gasteiger partial charge >= 0.3 is 6.18 Å². The van der Waals surface area contributed by atoms with Crippen LogP contribution >= 0.6 is 0 Å². The van der Waals surface area contributed by atoms with Crippen molar-refractivity contribution >= 4 is 5.84 Å². The van der Waals surface area contributed by atoms with Crippen molar-refractivity contribution in [1.29, 1.82) is 0 Å². The molecule has 0 aliphatic rings. The molecule has 1 aromatic heterocycles. The quantitative estimate of drug-likeness (QED) is 0.221. The van der Waals surface area contributed by atoms with Crippen LogP contribution in [0.25, 0.3) is 0 Å². The molecule has 108 valence electrons. The van der Waals surface area contributed by atoms with E-state index in [1.54, 1.807) is 7.05 Å². The summed E-state index contributed by atoms with van der Waals surface area (Å²) in [6, 6.07) is 0. The van der Waals surface area contributed by atoms with Gasteiger partial charge in [-0.05, 0) is 0 Å². The number of alkyl halides is 3. The van der Waals surface area contributed by atoms with E-state index in [-0.39, 0.29) is 6.54 Å². The molecule has 1 aromatic rings. The van der Waals surface area contributed by atoms with Crippen molar-refractivity contribution in [2.45, 2.75) is 12.6 Å².